The Morgan fingerprint density at radius 1 is 1.00 bits per heavy atom. The second-order valence-electron chi connectivity index (χ2n) is 8.90. The third kappa shape index (κ3) is 5.22. The van der Waals surface area contributed by atoms with E-state index in [9.17, 15) is 14.4 Å². The van der Waals surface area contributed by atoms with Crippen molar-refractivity contribution < 1.29 is 28.3 Å². The summed E-state index contributed by atoms with van der Waals surface area (Å²) in [4.78, 5) is 44.2. The molecule has 0 aromatic carbocycles. The van der Waals surface area contributed by atoms with E-state index in [0.29, 0.717) is 0 Å². The first-order valence-corrected chi connectivity index (χ1v) is 9.68. The van der Waals surface area contributed by atoms with Crippen LogP contribution in [0.2, 0.25) is 0 Å². The molecule has 0 spiro atoms. The molecule has 9 nitrogen and oxygen atoms in total. The van der Waals surface area contributed by atoms with Crippen molar-refractivity contribution in [3.63, 3.8) is 0 Å². The monoisotopic (exact) mass is 431 g/mol. The maximum absolute atomic E-state index is 13.4. The van der Waals surface area contributed by atoms with Gasteiger partial charge in [0.1, 0.15) is 11.1 Å². The largest absolute Gasteiger partial charge is 0.465 e. The summed E-state index contributed by atoms with van der Waals surface area (Å²) in [6.07, 6.45) is 2.96. The molecular weight excluding hydrogens is 402 g/mol. The lowest BCUT2D eigenvalue weighted by Crippen LogP contribution is -2.46. The molecule has 0 saturated heterocycles. The van der Waals surface area contributed by atoms with Gasteiger partial charge in [0, 0.05) is 23.5 Å². The maximum atomic E-state index is 13.4. The van der Waals surface area contributed by atoms with E-state index in [1.165, 1.54) is 25.3 Å². The third-order valence-corrected chi connectivity index (χ3v) is 4.14. The average Bonchev–Trinajstić information content (AvgIpc) is 3.02. The van der Waals surface area contributed by atoms with Crippen molar-refractivity contribution in [3.8, 4) is 0 Å². The first-order chi connectivity index (χ1) is 14.3. The number of anilines is 2. The smallest absolute Gasteiger partial charge is 0.344 e. The van der Waals surface area contributed by atoms with Crippen LogP contribution in [0, 0.1) is 0 Å². The molecule has 0 aliphatic rings. The molecule has 1 amide bonds. The van der Waals surface area contributed by atoms with E-state index in [1.807, 2.05) is 20.8 Å². The van der Waals surface area contributed by atoms with E-state index < -0.39 is 28.9 Å². The molecule has 2 rings (SSSR count). The standard InChI is InChI=1S/C22H29N3O6/c1-21(2,3)24-16-14(19(27)29-7)15(20(28)30-8)18(31-16)25(22(4,5)6)17(26)13-10-9-11-23-12-13/h9-12,24H,1-8H3. The number of esters is 2. The van der Waals surface area contributed by atoms with Gasteiger partial charge in [-0.15, -0.1) is 0 Å². The molecule has 0 aliphatic carbocycles. The Bertz CT molecular complexity index is 968. The number of furan rings is 1. The molecule has 2 heterocycles. The van der Waals surface area contributed by atoms with Gasteiger partial charge in [-0.25, -0.2) is 9.59 Å². The van der Waals surface area contributed by atoms with Gasteiger partial charge in [-0.3, -0.25) is 14.7 Å². The molecule has 0 unspecified atom stereocenters. The summed E-state index contributed by atoms with van der Waals surface area (Å²) in [7, 11) is 2.38. The number of carbonyl (C=O) groups is 3. The van der Waals surface area contributed by atoms with E-state index >= 15 is 0 Å². The summed E-state index contributed by atoms with van der Waals surface area (Å²) in [6, 6.07) is 3.23. The van der Waals surface area contributed by atoms with Crippen LogP contribution in [0.3, 0.4) is 0 Å². The first-order valence-electron chi connectivity index (χ1n) is 9.68. The Morgan fingerprint density at radius 3 is 2.03 bits per heavy atom. The highest BCUT2D eigenvalue weighted by Crippen LogP contribution is 2.40. The molecule has 0 fully saturated rings. The number of methoxy groups -OCH3 is 2. The fourth-order valence-electron chi connectivity index (χ4n) is 2.91. The lowest BCUT2D eigenvalue weighted by molar-refractivity contribution is 0.0557. The second-order valence-corrected chi connectivity index (χ2v) is 8.90. The first kappa shape index (κ1) is 23.9. The summed E-state index contributed by atoms with van der Waals surface area (Å²) >= 11 is 0. The van der Waals surface area contributed by atoms with Crippen molar-refractivity contribution >= 4 is 29.6 Å². The number of nitrogens with zero attached hydrogens (tertiary/aromatic N) is 2. The Kier molecular flexibility index (Phi) is 6.78. The molecule has 0 bridgehead atoms. The lowest BCUT2D eigenvalue weighted by atomic mass is 10.0. The van der Waals surface area contributed by atoms with Crippen molar-refractivity contribution in [1.29, 1.82) is 0 Å². The molecule has 2 aromatic rings. The van der Waals surface area contributed by atoms with E-state index in [1.54, 1.807) is 39.1 Å². The second kappa shape index (κ2) is 8.79. The van der Waals surface area contributed by atoms with E-state index in [-0.39, 0.29) is 28.5 Å². The van der Waals surface area contributed by atoms with Crippen LogP contribution in [-0.4, -0.2) is 48.1 Å². The van der Waals surface area contributed by atoms with Crippen LogP contribution in [0.15, 0.2) is 28.9 Å². The zero-order chi connectivity index (χ0) is 23.6. The number of amides is 1. The number of nitrogens with one attached hydrogen (secondary N) is 1. The normalized spacial score (nSPS) is 11.6. The van der Waals surface area contributed by atoms with E-state index in [0.717, 1.165) is 0 Å². The van der Waals surface area contributed by atoms with Gasteiger partial charge in [0.2, 0.25) is 11.8 Å². The molecular formula is C22H29N3O6. The van der Waals surface area contributed by atoms with Crippen molar-refractivity contribution in [2.24, 2.45) is 0 Å². The number of pyridine rings is 1. The Balaban J connectivity index is 2.85. The highest BCUT2D eigenvalue weighted by atomic mass is 16.5. The van der Waals surface area contributed by atoms with Crippen LogP contribution in [0.5, 0.6) is 0 Å². The lowest BCUT2D eigenvalue weighted by Gasteiger charge is -2.34. The summed E-state index contributed by atoms with van der Waals surface area (Å²) in [6.45, 7) is 10.9. The SMILES string of the molecule is COC(=O)c1c(NC(C)(C)C)oc(N(C(=O)c2cccnc2)C(C)(C)C)c1C(=O)OC. The van der Waals surface area contributed by atoms with Gasteiger partial charge in [0.05, 0.1) is 19.8 Å². The number of rotatable bonds is 5. The molecule has 0 saturated carbocycles. The molecule has 0 atom stereocenters. The fraction of sp³-hybridized carbons (Fsp3) is 0.455. The maximum Gasteiger partial charge on any atom is 0.344 e. The number of aromatic nitrogens is 1. The van der Waals surface area contributed by atoms with Crippen molar-refractivity contribution in [3.05, 3.63) is 41.2 Å². The minimum Gasteiger partial charge on any atom is -0.465 e. The molecule has 2 aromatic heterocycles. The number of ether oxygens (including phenoxy) is 2. The zero-order valence-corrected chi connectivity index (χ0v) is 19.2. The zero-order valence-electron chi connectivity index (χ0n) is 19.2. The van der Waals surface area contributed by atoms with Gasteiger partial charge in [0.25, 0.3) is 5.91 Å². The Morgan fingerprint density at radius 2 is 1.58 bits per heavy atom. The van der Waals surface area contributed by atoms with Crippen LogP contribution in [0.1, 0.15) is 72.6 Å². The van der Waals surface area contributed by atoms with Crippen LogP contribution in [0.25, 0.3) is 0 Å². The molecule has 9 heteroatoms. The quantitative estimate of drug-likeness (QED) is 0.710. The van der Waals surface area contributed by atoms with Gasteiger partial charge in [-0.05, 0) is 53.7 Å². The summed E-state index contributed by atoms with van der Waals surface area (Å²) in [5.74, 6) is -2.22. The molecule has 1 N–H and O–H groups in total. The van der Waals surface area contributed by atoms with Gasteiger partial charge in [-0.1, -0.05) is 0 Å². The molecule has 31 heavy (non-hydrogen) atoms. The molecule has 0 aliphatic heterocycles. The summed E-state index contributed by atoms with van der Waals surface area (Å²) in [5, 5.41) is 3.06. The molecule has 0 radical (unpaired) electrons. The van der Waals surface area contributed by atoms with Crippen LogP contribution in [-0.2, 0) is 9.47 Å². The Hall–Kier alpha value is -3.36. The third-order valence-electron chi connectivity index (χ3n) is 4.14. The van der Waals surface area contributed by atoms with Gasteiger partial charge in [-0.2, -0.15) is 0 Å². The highest BCUT2D eigenvalue weighted by Gasteiger charge is 2.41. The van der Waals surface area contributed by atoms with Crippen LogP contribution >= 0.6 is 0 Å². The average molecular weight is 431 g/mol. The predicted molar refractivity (Wildman–Crippen MR) is 116 cm³/mol. The van der Waals surface area contributed by atoms with Crippen molar-refractivity contribution in [2.75, 3.05) is 24.4 Å². The number of carbonyl (C=O) groups excluding carboxylic acids is 3. The van der Waals surface area contributed by atoms with Gasteiger partial charge >= 0.3 is 11.9 Å². The fourth-order valence-corrected chi connectivity index (χ4v) is 2.91. The van der Waals surface area contributed by atoms with Crippen LogP contribution in [0.4, 0.5) is 11.8 Å². The van der Waals surface area contributed by atoms with Crippen molar-refractivity contribution in [2.45, 2.75) is 52.6 Å². The highest BCUT2D eigenvalue weighted by molar-refractivity contribution is 6.14. The topological polar surface area (TPSA) is 111 Å². The summed E-state index contributed by atoms with van der Waals surface area (Å²) in [5.41, 5.74) is -1.42. The Labute approximate surface area is 181 Å². The summed E-state index contributed by atoms with van der Waals surface area (Å²) < 4.78 is 15.8. The van der Waals surface area contributed by atoms with Crippen molar-refractivity contribution in [1.82, 2.24) is 4.98 Å². The molecule has 168 valence electrons. The van der Waals surface area contributed by atoms with Crippen LogP contribution < -0.4 is 10.2 Å². The number of hydrogen-bond acceptors (Lipinski definition) is 8. The minimum atomic E-state index is -0.839. The van der Waals surface area contributed by atoms with Gasteiger partial charge < -0.3 is 19.2 Å². The minimum absolute atomic E-state index is 0.00277. The van der Waals surface area contributed by atoms with E-state index in [2.05, 4.69) is 10.3 Å². The number of hydrogen-bond donors (Lipinski definition) is 1. The van der Waals surface area contributed by atoms with Gasteiger partial charge in [0.15, 0.2) is 0 Å². The predicted octanol–water partition coefficient (Wildman–Crippen LogP) is 3.90. The van der Waals surface area contributed by atoms with E-state index in [4.69, 9.17) is 13.9 Å².